The third-order valence-corrected chi connectivity index (χ3v) is 3.65. The Morgan fingerprint density at radius 1 is 1.13 bits per heavy atom. The molecular weight excluding hydrogens is 296 g/mol. The van der Waals surface area contributed by atoms with Crippen molar-refractivity contribution in [3.05, 3.63) is 74.6 Å². The van der Waals surface area contributed by atoms with Crippen LogP contribution in [0.3, 0.4) is 0 Å². The van der Waals surface area contributed by atoms with Gasteiger partial charge in [0.2, 0.25) is 0 Å². The van der Waals surface area contributed by atoms with E-state index in [4.69, 9.17) is 0 Å². The van der Waals surface area contributed by atoms with E-state index in [1.165, 1.54) is 12.1 Å². The lowest BCUT2D eigenvalue weighted by atomic mass is 10.1. The second kappa shape index (κ2) is 5.88. The number of hydrogen-bond acceptors (Lipinski definition) is 5. The number of aromatic nitrogens is 2. The number of fused-ring (bicyclic) bond motifs is 1. The van der Waals surface area contributed by atoms with E-state index in [0.717, 1.165) is 10.9 Å². The highest BCUT2D eigenvalue weighted by atomic mass is 16.6. The van der Waals surface area contributed by atoms with Crippen molar-refractivity contribution in [3.63, 3.8) is 0 Å². The fourth-order valence-electron chi connectivity index (χ4n) is 2.40. The van der Waals surface area contributed by atoms with Crippen molar-refractivity contribution in [2.75, 3.05) is 5.32 Å². The summed E-state index contributed by atoms with van der Waals surface area (Å²) >= 11 is 0. The Bertz CT molecular complexity index is 919. The number of nitro groups is 1. The molecule has 0 amide bonds. The van der Waals surface area contributed by atoms with Gasteiger partial charge in [-0.25, -0.2) is 5.10 Å². The molecule has 2 aromatic carbocycles. The third kappa shape index (κ3) is 2.89. The summed E-state index contributed by atoms with van der Waals surface area (Å²) in [6.45, 7) is 1.92. The Labute approximate surface area is 131 Å². The van der Waals surface area contributed by atoms with Crippen LogP contribution in [-0.2, 0) is 0 Å². The third-order valence-electron chi connectivity index (χ3n) is 3.65. The Balaban J connectivity index is 1.91. The van der Waals surface area contributed by atoms with E-state index in [1.807, 2.05) is 19.1 Å². The number of non-ortho nitro benzene ring substituents is 1. The normalized spacial score (nSPS) is 12.0. The van der Waals surface area contributed by atoms with E-state index < -0.39 is 4.92 Å². The highest BCUT2D eigenvalue weighted by molar-refractivity contribution is 5.90. The molecule has 0 radical (unpaired) electrons. The van der Waals surface area contributed by atoms with Crippen molar-refractivity contribution in [1.82, 2.24) is 10.2 Å². The van der Waals surface area contributed by atoms with Crippen LogP contribution in [0.5, 0.6) is 0 Å². The predicted molar refractivity (Wildman–Crippen MR) is 87.5 cm³/mol. The number of benzene rings is 2. The second-order valence-electron chi connectivity index (χ2n) is 5.16. The maximum Gasteiger partial charge on any atom is 0.272 e. The number of nitro benzene ring substituents is 1. The number of nitrogens with one attached hydrogen (secondary N) is 2. The molecule has 7 heteroatoms. The molecule has 23 heavy (non-hydrogen) atoms. The second-order valence-corrected chi connectivity index (χ2v) is 5.16. The smallest absolute Gasteiger partial charge is 0.272 e. The zero-order valence-electron chi connectivity index (χ0n) is 12.3. The van der Waals surface area contributed by atoms with Crippen LogP contribution in [0.4, 0.5) is 11.5 Å². The summed E-state index contributed by atoms with van der Waals surface area (Å²) in [7, 11) is 0. The van der Waals surface area contributed by atoms with E-state index in [0.29, 0.717) is 11.2 Å². The van der Waals surface area contributed by atoms with Crippen molar-refractivity contribution < 1.29 is 4.92 Å². The van der Waals surface area contributed by atoms with Gasteiger partial charge in [-0.2, -0.15) is 5.10 Å². The first-order valence-corrected chi connectivity index (χ1v) is 7.04. The zero-order chi connectivity index (χ0) is 16.4. The highest BCUT2D eigenvalue weighted by Gasteiger charge is 2.12. The first kappa shape index (κ1) is 14.7. The van der Waals surface area contributed by atoms with Gasteiger partial charge in [0, 0.05) is 17.5 Å². The molecule has 3 rings (SSSR count). The molecular formula is C16H14N4O3. The summed E-state index contributed by atoms with van der Waals surface area (Å²) in [4.78, 5) is 22.0. The highest BCUT2D eigenvalue weighted by Crippen LogP contribution is 2.24. The molecule has 1 unspecified atom stereocenters. The van der Waals surface area contributed by atoms with Crippen LogP contribution in [0.25, 0.3) is 10.8 Å². The van der Waals surface area contributed by atoms with Crippen LogP contribution in [-0.4, -0.2) is 15.1 Å². The Hall–Kier alpha value is -3.22. The molecule has 0 saturated carbocycles. The average molecular weight is 310 g/mol. The van der Waals surface area contributed by atoms with Gasteiger partial charge in [0.1, 0.15) is 0 Å². The van der Waals surface area contributed by atoms with Gasteiger partial charge < -0.3 is 5.32 Å². The van der Waals surface area contributed by atoms with Crippen molar-refractivity contribution >= 4 is 22.3 Å². The number of rotatable bonds is 4. The van der Waals surface area contributed by atoms with Gasteiger partial charge in [-0.15, -0.1) is 0 Å². The number of H-pyrrole nitrogens is 1. The summed E-state index contributed by atoms with van der Waals surface area (Å²) < 4.78 is 0. The van der Waals surface area contributed by atoms with Gasteiger partial charge in [-0.3, -0.25) is 14.9 Å². The molecule has 0 bridgehead atoms. The van der Waals surface area contributed by atoms with E-state index in [-0.39, 0.29) is 17.3 Å². The Morgan fingerprint density at radius 2 is 1.78 bits per heavy atom. The van der Waals surface area contributed by atoms with Crippen LogP contribution >= 0.6 is 0 Å². The van der Waals surface area contributed by atoms with Gasteiger partial charge in [0.15, 0.2) is 5.82 Å². The van der Waals surface area contributed by atoms with Crippen LogP contribution in [0.1, 0.15) is 18.5 Å². The molecule has 0 saturated heterocycles. The van der Waals surface area contributed by atoms with Gasteiger partial charge in [0.25, 0.3) is 11.2 Å². The summed E-state index contributed by atoms with van der Waals surface area (Å²) in [5.74, 6) is 0.561. The molecule has 3 aromatic rings. The summed E-state index contributed by atoms with van der Waals surface area (Å²) in [5, 5.41) is 21.7. The number of nitrogens with zero attached hydrogens (tertiary/aromatic N) is 2. The van der Waals surface area contributed by atoms with Gasteiger partial charge in [0.05, 0.1) is 16.4 Å². The lowest BCUT2D eigenvalue weighted by Crippen LogP contribution is -2.14. The minimum Gasteiger partial charge on any atom is -0.362 e. The molecule has 7 nitrogen and oxygen atoms in total. The molecule has 2 N–H and O–H groups in total. The summed E-state index contributed by atoms with van der Waals surface area (Å²) in [6.07, 6.45) is 0. The molecule has 0 spiro atoms. The molecule has 1 atom stereocenters. The van der Waals surface area contributed by atoms with Crippen LogP contribution in [0.15, 0.2) is 53.3 Å². The topological polar surface area (TPSA) is 101 Å². The Kier molecular flexibility index (Phi) is 3.76. The fourth-order valence-corrected chi connectivity index (χ4v) is 2.40. The number of aromatic amines is 1. The van der Waals surface area contributed by atoms with Gasteiger partial charge in [-0.1, -0.05) is 30.3 Å². The minimum atomic E-state index is -0.432. The lowest BCUT2D eigenvalue weighted by molar-refractivity contribution is -0.384. The molecule has 0 aliphatic carbocycles. The maximum atomic E-state index is 11.8. The van der Waals surface area contributed by atoms with Gasteiger partial charge >= 0.3 is 0 Å². The monoisotopic (exact) mass is 310 g/mol. The largest absolute Gasteiger partial charge is 0.362 e. The van der Waals surface area contributed by atoms with Crippen molar-refractivity contribution in [1.29, 1.82) is 0 Å². The summed E-state index contributed by atoms with van der Waals surface area (Å²) in [6, 6.07) is 13.4. The molecule has 0 aliphatic rings. The Morgan fingerprint density at radius 3 is 2.43 bits per heavy atom. The number of hydrogen-bond donors (Lipinski definition) is 2. The quantitative estimate of drug-likeness (QED) is 0.570. The number of anilines is 1. The molecule has 116 valence electrons. The SMILES string of the molecule is CC(Nc1n[nH]c(=O)c2ccccc12)c1ccc([N+](=O)[O-])cc1. The first-order valence-electron chi connectivity index (χ1n) is 7.04. The summed E-state index contributed by atoms with van der Waals surface area (Å²) in [5.41, 5.74) is 0.690. The van der Waals surface area contributed by atoms with E-state index in [2.05, 4.69) is 15.5 Å². The standard InChI is InChI=1S/C16H14N4O3/c1-10(11-6-8-12(9-7-11)20(22)23)17-15-13-4-2-3-5-14(13)16(21)19-18-15/h2-10H,1H3,(H,17,18)(H,19,21). The van der Waals surface area contributed by atoms with E-state index >= 15 is 0 Å². The first-order chi connectivity index (χ1) is 11.1. The molecule has 1 heterocycles. The fraction of sp³-hybridized carbons (Fsp3) is 0.125. The van der Waals surface area contributed by atoms with Crippen molar-refractivity contribution in [3.8, 4) is 0 Å². The van der Waals surface area contributed by atoms with Crippen molar-refractivity contribution in [2.24, 2.45) is 0 Å². The maximum absolute atomic E-state index is 11.8. The van der Waals surface area contributed by atoms with E-state index in [9.17, 15) is 14.9 Å². The zero-order valence-corrected chi connectivity index (χ0v) is 12.3. The van der Waals surface area contributed by atoms with Crippen LogP contribution in [0.2, 0.25) is 0 Å². The van der Waals surface area contributed by atoms with Crippen molar-refractivity contribution in [2.45, 2.75) is 13.0 Å². The van der Waals surface area contributed by atoms with Gasteiger partial charge in [-0.05, 0) is 18.6 Å². The lowest BCUT2D eigenvalue weighted by Gasteiger charge is -2.15. The molecule has 1 aromatic heterocycles. The van der Waals surface area contributed by atoms with Crippen LogP contribution in [0, 0.1) is 10.1 Å². The molecule has 0 aliphatic heterocycles. The minimum absolute atomic E-state index is 0.0496. The molecule has 0 fully saturated rings. The average Bonchev–Trinajstić information content (AvgIpc) is 2.57. The van der Waals surface area contributed by atoms with E-state index in [1.54, 1.807) is 24.3 Å². The van der Waals surface area contributed by atoms with Crippen LogP contribution < -0.4 is 10.9 Å². The predicted octanol–water partition coefficient (Wildman–Crippen LogP) is 3.00.